The Morgan fingerprint density at radius 2 is 1.90 bits per heavy atom. The fraction of sp³-hybridized carbons (Fsp3) is 0.200. The number of ether oxygens (including phenoxy) is 1. The molecular formula is C15H14ClN3O2. The Morgan fingerprint density at radius 1 is 1.14 bits per heavy atom. The van der Waals surface area contributed by atoms with Gasteiger partial charge in [0.2, 0.25) is 0 Å². The number of aliphatic hydroxyl groups is 1. The van der Waals surface area contributed by atoms with Crippen LogP contribution in [0.3, 0.4) is 0 Å². The molecule has 6 heteroatoms. The van der Waals surface area contributed by atoms with Crippen LogP contribution in [0.5, 0.6) is 5.75 Å². The van der Waals surface area contributed by atoms with Crippen LogP contribution in [0.25, 0.3) is 11.0 Å². The van der Waals surface area contributed by atoms with E-state index in [1.54, 1.807) is 28.9 Å². The summed E-state index contributed by atoms with van der Waals surface area (Å²) >= 11 is 5.80. The average Bonchev–Trinajstić information content (AvgIpc) is 2.90. The maximum atomic E-state index is 10.1. The number of benzene rings is 2. The first-order valence-corrected chi connectivity index (χ1v) is 6.95. The molecule has 1 aromatic heterocycles. The number of fused-ring (bicyclic) bond motifs is 1. The van der Waals surface area contributed by atoms with Crippen molar-refractivity contribution >= 4 is 22.6 Å². The highest BCUT2D eigenvalue weighted by molar-refractivity contribution is 6.30. The molecule has 0 aliphatic heterocycles. The predicted molar refractivity (Wildman–Crippen MR) is 80.5 cm³/mol. The molecule has 2 aromatic carbocycles. The van der Waals surface area contributed by atoms with Crippen molar-refractivity contribution < 1.29 is 9.84 Å². The Morgan fingerprint density at radius 3 is 2.71 bits per heavy atom. The summed E-state index contributed by atoms with van der Waals surface area (Å²) in [5.74, 6) is 0.668. The molecule has 5 nitrogen and oxygen atoms in total. The van der Waals surface area contributed by atoms with Crippen molar-refractivity contribution in [2.24, 2.45) is 0 Å². The molecule has 1 unspecified atom stereocenters. The van der Waals surface area contributed by atoms with Crippen LogP contribution in [-0.2, 0) is 6.54 Å². The molecular weight excluding hydrogens is 290 g/mol. The highest BCUT2D eigenvalue weighted by atomic mass is 35.5. The van der Waals surface area contributed by atoms with Crippen LogP contribution in [0.4, 0.5) is 0 Å². The van der Waals surface area contributed by atoms with Gasteiger partial charge in [0.1, 0.15) is 24.0 Å². The predicted octanol–water partition coefficient (Wildman–Crippen LogP) is 2.52. The van der Waals surface area contributed by atoms with Crippen LogP contribution in [-0.4, -0.2) is 32.8 Å². The van der Waals surface area contributed by atoms with E-state index in [0.717, 1.165) is 11.0 Å². The van der Waals surface area contributed by atoms with E-state index in [0.29, 0.717) is 17.3 Å². The Balaban J connectivity index is 1.61. The third kappa shape index (κ3) is 3.32. The minimum atomic E-state index is -0.675. The van der Waals surface area contributed by atoms with Gasteiger partial charge in [0, 0.05) is 5.02 Å². The lowest BCUT2D eigenvalue weighted by Crippen LogP contribution is -2.24. The number of para-hydroxylation sites is 1. The molecule has 0 radical (unpaired) electrons. The zero-order valence-corrected chi connectivity index (χ0v) is 11.9. The van der Waals surface area contributed by atoms with Crippen LogP contribution in [0.2, 0.25) is 5.02 Å². The van der Waals surface area contributed by atoms with Crippen LogP contribution >= 0.6 is 11.6 Å². The smallest absolute Gasteiger partial charge is 0.119 e. The number of aliphatic hydroxyl groups excluding tert-OH is 1. The van der Waals surface area contributed by atoms with Gasteiger partial charge in [0.15, 0.2) is 0 Å². The number of hydrogen-bond acceptors (Lipinski definition) is 4. The average molecular weight is 304 g/mol. The summed E-state index contributed by atoms with van der Waals surface area (Å²) in [6, 6.07) is 14.6. The van der Waals surface area contributed by atoms with Crippen LogP contribution in [0.1, 0.15) is 0 Å². The summed E-state index contributed by atoms with van der Waals surface area (Å²) in [7, 11) is 0. The van der Waals surface area contributed by atoms with Crippen molar-refractivity contribution in [2.45, 2.75) is 12.6 Å². The van der Waals surface area contributed by atoms with E-state index in [-0.39, 0.29) is 6.61 Å². The summed E-state index contributed by atoms with van der Waals surface area (Å²) < 4.78 is 7.19. The molecule has 3 aromatic rings. The van der Waals surface area contributed by atoms with E-state index in [4.69, 9.17) is 16.3 Å². The maximum absolute atomic E-state index is 10.1. The van der Waals surface area contributed by atoms with Crippen molar-refractivity contribution in [3.63, 3.8) is 0 Å². The molecule has 0 bridgehead atoms. The van der Waals surface area contributed by atoms with Crippen molar-refractivity contribution in [3.05, 3.63) is 53.6 Å². The quantitative estimate of drug-likeness (QED) is 0.787. The first kappa shape index (κ1) is 13.9. The highest BCUT2D eigenvalue weighted by Gasteiger charge is 2.10. The number of nitrogens with zero attached hydrogens (tertiary/aromatic N) is 3. The van der Waals surface area contributed by atoms with Crippen molar-refractivity contribution in [3.8, 4) is 5.75 Å². The zero-order valence-electron chi connectivity index (χ0n) is 11.2. The molecule has 1 heterocycles. The van der Waals surface area contributed by atoms with Gasteiger partial charge in [-0.15, -0.1) is 5.10 Å². The second kappa shape index (κ2) is 6.11. The van der Waals surface area contributed by atoms with E-state index in [1.807, 2.05) is 24.3 Å². The van der Waals surface area contributed by atoms with Gasteiger partial charge in [-0.05, 0) is 36.4 Å². The van der Waals surface area contributed by atoms with Gasteiger partial charge >= 0.3 is 0 Å². The lowest BCUT2D eigenvalue weighted by molar-refractivity contribution is 0.0899. The summed E-state index contributed by atoms with van der Waals surface area (Å²) in [5.41, 5.74) is 1.70. The third-order valence-electron chi connectivity index (χ3n) is 3.06. The number of rotatable bonds is 5. The molecule has 21 heavy (non-hydrogen) atoms. The van der Waals surface area contributed by atoms with Gasteiger partial charge in [0.25, 0.3) is 0 Å². The van der Waals surface area contributed by atoms with E-state index in [1.165, 1.54) is 0 Å². The number of hydrogen-bond donors (Lipinski definition) is 1. The van der Waals surface area contributed by atoms with Gasteiger partial charge in [-0.1, -0.05) is 28.9 Å². The van der Waals surface area contributed by atoms with Crippen molar-refractivity contribution in [2.75, 3.05) is 6.61 Å². The summed E-state index contributed by atoms with van der Waals surface area (Å²) in [5, 5.41) is 18.8. The van der Waals surface area contributed by atoms with E-state index in [9.17, 15) is 5.11 Å². The van der Waals surface area contributed by atoms with Gasteiger partial charge in [-0.3, -0.25) is 0 Å². The van der Waals surface area contributed by atoms with Crippen molar-refractivity contribution in [1.29, 1.82) is 0 Å². The SMILES string of the molecule is OC(COc1ccc(Cl)cc1)Cn1nnc2ccccc21. The molecule has 0 saturated carbocycles. The molecule has 0 fully saturated rings. The van der Waals surface area contributed by atoms with Crippen LogP contribution < -0.4 is 4.74 Å². The standard InChI is InChI=1S/C15H14ClN3O2/c16-11-5-7-13(8-6-11)21-10-12(20)9-19-15-4-2-1-3-14(15)17-18-19/h1-8,12,20H,9-10H2. The van der Waals surface area contributed by atoms with Crippen molar-refractivity contribution in [1.82, 2.24) is 15.0 Å². The summed E-state index contributed by atoms with van der Waals surface area (Å²) in [4.78, 5) is 0. The first-order valence-electron chi connectivity index (χ1n) is 6.57. The van der Waals surface area contributed by atoms with Gasteiger partial charge in [-0.25, -0.2) is 4.68 Å². The Bertz CT molecular complexity index is 727. The molecule has 3 rings (SSSR count). The van der Waals surface area contributed by atoms with Crippen LogP contribution in [0, 0.1) is 0 Å². The summed E-state index contributed by atoms with van der Waals surface area (Å²) in [6.07, 6.45) is -0.675. The third-order valence-corrected chi connectivity index (χ3v) is 3.31. The molecule has 0 spiro atoms. The lowest BCUT2D eigenvalue weighted by atomic mass is 10.3. The first-order chi connectivity index (χ1) is 10.2. The van der Waals surface area contributed by atoms with E-state index >= 15 is 0 Å². The lowest BCUT2D eigenvalue weighted by Gasteiger charge is -2.12. The van der Waals surface area contributed by atoms with Gasteiger partial charge in [0.05, 0.1) is 12.1 Å². The minimum Gasteiger partial charge on any atom is -0.491 e. The monoisotopic (exact) mass is 303 g/mol. The molecule has 108 valence electrons. The Hall–Kier alpha value is -2.11. The molecule has 0 saturated heterocycles. The minimum absolute atomic E-state index is 0.176. The fourth-order valence-corrected chi connectivity index (χ4v) is 2.15. The van der Waals surface area contributed by atoms with E-state index in [2.05, 4.69) is 10.3 Å². The second-order valence-electron chi connectivity index (χ2n) is 4.68. The molecule has 0 aliphatic rings. The molecule has 1 N–H and O–H groups in total. The Kier molecular flexibility index (Phi) is 4.03. The topological polar surface area (TPSA) is 60.2 Å². The second-order valence-corrected chi connectivity index (χ2v) is 5.12. The number of aromatic nitrogens is 3. The summed E-state index contributed by atoms with van der Waals surface area (Å²) in [6.45, 7) is 0.504. The molecule has 1 atom stereocenters. The maximum Gasteiger partial charge on any atom is 0.119 e. The zero-order chi connectivity index (χ0) is 14.7. The van der Waals surface area contributed by atoms with Crippen LogP contribution in [0.15, 0.2) is 48.5 Å². The van der Waals surface area contributed by atoms with Gasteiger partial charge in [-0.2, -0.15) is 0 Å². The highest BCUT2D eigenvalue weighted by Crippen LogP contribution is 2.16. The Labute approximate surface area is 126 Å². The normalized spacial score (nSPS) is 12.5. The molecule has 0 amide bonds. The largest absolute Gasteiger partial charge is 0.491 e. The molecule has 0 aliphatic carbocycles. The van der Waals surface area contributed by atoms with Gasteiger partial charge < -0.3 is 9.84 Å². The van der Waals surface area contributed by atoms with E-state index < -0.39 is 6.10 Å². The fourth-order valence-electron chi connectivity index (χ4n) is 2.03. The number of halogens is 1.